The second-order valence-corrected chi connectivity index (χ2v) is 9.79. The van der Waals surface area contributed by atoms with Gasteiger partial charge in [0.1, 0.15) is 0 Å². The third-order valence-corrected chi connectivity index (χ3v) is 7.58. The molecule has 2 amide bonds. The van der Waals surface area contributed by atoms with E-state index in [1.807, 2.05) is 4.90 Å². The lowest BCUT2D eigenvalue weighted by molar-refractivity contribution is -0.134. The van der Waals surface area contributed by atoms with E-state index in [1.165, 1.54) is 24.0 Å². The number of hydrogen-bond acceptors (Lipinski definition) is 4. The van der Waals surface area contributed by atoms with Crippen molar-refractivity contribution in [1.29, 1.82) is 0 Å². The van der Waals surface area contributed by atoms with Crippen molar-refractivity contribution < 1.29 is 14.3 Å². The van der Waals surface area contributed by atoms with Crippen LogP contribution in [-0.2, 0) is 9.53 Å². The number of allylic oxidation sites excluding steroid dienone is 2. The highest BCUT2D eigenvalue weighted by molar-refractivity contribution is 5.89. The summed E-state index contributed by atoms with van der Waals surface area (Å²) in [4.78, 5) is 31.7. The molecule has 0 aromatic heterocycles. The van der Waals surface area contributed by atoms with Crippen LogP contribution >= 0.6 is 0 Å². The quantitative estimate of drug-likeness (QED) is 0.704. The van der Waals surface area contributed by atoms with Crippen molar-refractivity contribution in [2.45, 2.75) is 71.4 Å². The summed E-state index contributed by atoms with van der Waals surface area (Å²) < 4.78 is 4.85. The van der Waals surface area contributed by atoms with E-state index in [0.717, 1.165) is 64.7 Å². The number of carbonyl (C=O) groups is 2. The molecule has 0 saturated carbocycles. The molecule has 2 saturated heterocycles. The van der Waals surface area contributed by atoms with Crippen molar-refractivity contribution in [3.05, 3.63) is 22.9 Å². The number of likely N-dealkylation sites (tertiary alicyclic amines) is 2. The molecule has 0 radical (unpaired) electrons. The SMILES string of the molecule is COC(=O)N1CCC(N2CCC(N3C(=O)C(C(C)C)C4=C3C=C(C)CC4)CC2)CC1. The lowest BCUT2D eigenvalue weighted by atomic mass is 9.84. The smallest absolute Gasteiger partial charge is 0.409 e. The largest absolute Gasteiger partial charge is 0.453 e. The molecule has 4 rings (SSSR count). The lowest BCUT2D eigenvalue weighted by Gasteiger charge is -2.43. The van der Waals surface area contributed by atoms with Crippen LogP contribution in [-0.4, -0.2) is 72.1 Å². The van der Waals surface area contributed by atoms with E-state index in [2.05, 4.69) is 36.6 Å². The molecule has 166 valence electrons. The number of piperidine rings is 2. The zero-order valence-electron chi connectivity index (χ0n) is 19.0. The molecule has 2 fully saturated rings. The topological polar surface area (TPSA) is 53.1 Å². The fraction of sp³-hybridized carbons (Fsp3) is 0.750. The maximum Gasteiger partial charge on any atom is 0.409 e. The Labute approximate surface area is 180 Å². The molecule has 0 bridgehead atoms. The minimum atomic E-state index is -0.209. The summed E-state index contributed by atoms with van der Waals surface area (Å²) in [7, 11) is 1.45. The van der Waals surface area contributed by atoms with Crippen molar-refractivity contribution in [3.63, 3.8) is 0 Å². The number of carbonyl (C=O) groups excluding carboxylic acids is 2. The van der Waals surface area contributed by atoms with Gasteiger partial charge in [0.25, 0.3) is 0 Å². The van der Waals surface area contributed by atoms with Gasteiger partial charge in [-0.25, -0.2) is 4.79 Å². The van der Waals surface area contributed by atoms with Gasteiger partial charge in [0, 0.05) is 44.0 Å². The Balaban J connectivity index is 1.39. The zero-order chi connectivity index (χ0) is 21.4. The van der Waals surface area contributed by atoms with Gasteiger partial charge < -0.3 is 19.4 Å². The number of amides is 2. The summed E-state index contributed by atoms with van der Waals surface area (Å²) >= 11 is 0. The van der Waals surface area contributed by atoms with E-state index in [4.69, 9.17) is 4.74 Å². The first-order valence-corrected chi connectivity index (χ1v) is 11.7. The maximum absolute atomic E-state index is 13.4. The van der Waals surface area contributed by atoms with E-state index < -0.39 is 0 Å². The zero-order valence-corrected chi connectivity index (χ0v) is 19.0. The normalized spacial score (nSPS) is 27.0. The minimum Gasteiger partial charge on any atom is -0.453 e. The van der Waals surface area contributed by atoms with Crippen LogP contribution in [0.25, 0.3) is 0 Å². The summed E-state index contributed by atoms with van der Waals surface area (Å²) in [6, 6.07) is 0.857. The van der Waals surface area contributed by atoms with Crippen molar-refractivity contribution in [1.82, 2.24) is 14.7 Å². The van der Waals surface area contributed by atoms with Gasteiger partial charge in [-0.05, 0) is 63.0 Å². The Hall–Kier alpha value is -1.82. The van der Waals surface area contributed by atoms with Gasteiger partial charge >= 0.3 is 6.09 Å². The molecule has 1 aliphatic carbocycles. The molecule has 1 unspecified atom stereocenters. The molecule has 3 heterocycles. The first-order valence-electron chi connectivity index (χ1n) is 11.7. The van der Waals surface area contributed by atoms with E-state index in [9.17, 15) is 9.59 Å². The average Bonchev–Trinajstić information content (AvgIpc) is 3.04. The number of rotatable bonds is 3. The van der Waals surface area contributed by atoms with Gasteiger partial charge in [-0.3, -0.25) is 4.79 Å². The highest BCUT2D eigenvalue weighted by Gasteiger charge is 2.44. The Morgan fingerprint density at radius 2 is 1.67 bits per heavy atom. The van der Waals surface area contributed by atoms with Crippen LogP contribution in [0.3, 0.4) is 0 Å². The van der Waals surface area contributed by atoms with Crippen molar-refractivity contribution in [2.75, 3.05) is 33.3 Å². The first kappa shape index (κ1) is 21.4. The van der Waals surface area contributed by atoms with Crippen molar-refractivity contribution in [2.24, 2.45) is 11.8 Å². The molecule has 6 nitrogen and oxygen atoms in total. The third-order valence-electron chi connectivity index (χ3n) is 7.58. The second-order valence-electron chi connectivity index (χ2n) is 9.79. The van der Waals surface area contributed by atoms with Gasteiger partial charge in [0.15, 0.2) is 0 Å². The molecule has 1 atom stereocenters. The molecule has 0 aromatic carbocycles. The fourth-order valence-corrected chi connectivity index (χ4v) is 5.93. The standard InChI is InChI=1S/C24H37N3O3/c1-16(2)22-20-6-5-17(3)15-21(20)27(23(22)28)19-9-11-25(12-10-19)18-7-13-26(14-8-18)24(29)30-4/h15-16,18-19,22H,5-14H2,1-4H3. The van der Waals surface area contributed by atoms with Crippen LogP contribution in [0.5, 0.6) is 0 Å². The average molecular weight is 416 g/mol. The monoisotopic (exact) mass is 415 g/mol. The Bertz CT molecular complexity index is 741. The van der Waals surface area contributed by atoms with Crippen LogP contribution in [0, 0.1) is 11.8 Å². The fourth-order valence-electron chi connectivity index (χ4n) is 5.93. The van der Waals surface area contributed by atoms with Crippen LogP contribution in [0.1, 0.15) is 59.3 Å². The second kappa shape index (κ2) is 8.74. The number of ether oxygens (including phenoxy) is 1. The molecule has 30 heavy (non-hydrogen) atoms. The summed E-state index contributed by atoms with van der Waals surface area (Å²) in [5.41, 5.74) is 4.01. The minimum absolute atomic E-state index is 0.0741. The number of hydrogen-bond donors (Lipinski definition) is 0. The lowest BCUT2D eigenvalue weighted by Crippen LogP contribution is -2.52. The van der Waals surface area contributed by atoms with E-state index in [-0.39, 0.29) is 12.0 Å². The summed E-state index contributed by atoms with van der Waals surface area (Å²) in [6.07, 6.45) is 8.30. The van der Waals surface area contributed by atoms with E-state index in [0.29, 0.717) is 23.9 Å². The van der Waals surface area contributed by atoms with Crippen LogP contribution in [0.15, 0.2) is 22.9 Å². The van der Waals surface area contributed by atoms with Crippen LogP contribution < -0.4 is 0 Å². The van der Waals surface area contributed by atoms with Crippen LogP contribution in [0.2, 0.25) is 0 Å². The number of methoxy groups -OCH3 is 1. The van der Waals surface area contributed by atoms with Gasteiger partial charge in [-0.2, -0.15) is 0 Å². The van der Waals surface area contributed by atoms with Crippen molar-refractivity contribution >= 4 is 12.0 Å². The Morgan fingerprint density at radius 3 is 2.27 bits per heavy atom. The molecule has 0 spiro atoms. The summed E-state index contributed by atoms with van der Waals surface area (Å²) in [6.45, 7) is 10.2. The molecule has 3 aliphatic heterocycles. The molecule has 0 N–H and O–H groups in total. The highest BCUT2D eigenvalue weighted by Crippen LogP contribution is 2.43. The van der Waals surface area contributed by atoms with E-state index in [1.54, 1.807) is 0 Å². The van der Waals surface area contributed by atoms with Gasteiger partial charge in [0.2, 0.25) is 5.91 Å². The summed E-state index contributed by atoms with van der Waals surface area (Å²) in [5.74, 6) is 0.773. The van der Waals surface area contributed by atoms with Gasteiger partial charge in [-0.15, -0.1) is 0 Å². The van der Waals surface area contributed by atoms with E-state index >= 15 is 0 Å². The maximum atomic E-state index is 13.4. The predicted octanol–water partition coefficient (Wildman–Crippen LogP) is 3.79. The molecule has 4 aliphatic rings. The summed E-state index contributed by atoms with van der Waals surface area (Å²) in [5, 5.41) is 0. The van der Waals surface area contributed by atoms with Gasteiger partial charge in [0.05, 0.1) is 13.0 Å². The van der Waals surface area contributed by atoms with Crippen LogP contribution in [0.4, 0.5) is 4.79 Å². The molecular weight excluding hydrogens is 378 g/mol. The van der Waals surface area contributed by atoms with Crippen molar-refractivity contribution in [3.8, 4) is 0 Å². The Morgan fingerprint density at radius 1 is 1.03 bits per heavy atom. The Kier molecular flexibility index (Phi) is 6.24. The van der Waals surface area contributed by atoms with Gasteiger partial charge in [-0.1, -0.05) is 19.4 Å². The highest BCUT2D eigenvalue weighted by atomic mass is 16.5. The third kappa shape index (κ3) is 3.91. The molecule has 0 aromatic rings. The molecular formula is C24H37N3O3. The first-order chi connectivity index (χ1) is 14.4. The predicted molar refractivity (Wildman–Crippen MR) is 117 cm³/mol. The number of nitrogens with zero attached hydrogens (tertiary/aromatic N) is 3. The molecule has 6 heteroatoms.